The van der Waals surface area contributed by atoms with E-state index in [0.29, 0.717) is 25.9 Å². The van der Waals surface area contributed by atoms with Gasteiger partial charge in [0.05, 0.1) is 30.5 Å². The van der Waals surface area contributed by atoms with Gasteiger partial charge in [0.1, 0.15) is 6.17 Å². The van der Waals surface area contributed by atoms with E-state index in [1.165, 1.54) is 11.0 Å². The molecular formula is C23H35F3N4O. The molecule has 0 saturated heterocycles. The second-order valence-corrected chi connectivity index (χ2v) is 9.77. The molecule has 4 atom stereocenters. The van der Waals surface area contributed by atoms with Crippen LogP contribution in [0.3, 0.4) is 0 Å². The molecule has 1 unspecified atom stereocenters. The number of hydrogen-bond donors (Lipinski definition) is 0. The Bertz CT molecular complexity index is 751. The lowest BCUT2D eigenvalue weighted by Gasteiger charge is -2.45. The van der Waals surface area contributed by atoms with Crippen LogP contribution in [0.5, 0.6) is 0 Å². The van der Waals surface area contributed by atoms with Crippen molar-refractivity contribution in [3.63, 3.8) is 0 Å². The van der Waals surface area contributed by atoms with Crippen molar-refractivity contribution in [2.75, 3.05) is 27.8 Å². The van der Waals surface area contributed by atoms with Crippen LogP contribution in [0.1, 0.15) is 46.5 Å². The van der Waals surface area contributed by atoms with Gasteiger partial charge in [-0.25, -0.2) is 13.2 Å². The molecule has 0 spiro atoms. The van der Waals surface area contributed by atoms with E-state index in [1.807, 2.05) is 44.9 Å². The number of alkyl halides is 3. The largest absolute Gasteiger partial charge is 0.361 e. The number of rotatable bonds is 6. The molecule has 0 aromatic heterocycles. The maximum atomic E-state index is 14.9. The highest BCUT2D eigenvalue weighted by Gasteiger charge is 2.37. The quantitative estimate of drug-likeness (QED) is 0.575. The summed E-state index contributed by atoms with van der Waals surface area (Å²) < 4.78 is 41.8. The molecule has 0 heterocycles. The summed E-state index contributed by atoms with van der Waals surface area (Å²) in [6.07, 6.45) is 1.06. The molecular weight excluding hydrogens is 405 g/mol. The number of hydrogen-bond acceptors (Lipinski definition) is 4. The van der Waals surface area contributed by atoms with E-state index >= 15 is 0 Å². The Morgan fingerprint density at radius 3 is 2.39 bits per heavy atom. The molecule has 174 valence electrons. The smallest absolute Gasteiger partial charge is 0.246 e. The summed E-state index contributed by atoms with van der Waals surface area (Å²) in [4.78, 5) is 17.7. The molecule has 0 aromatic carbocycles. The number of amides is 1. The SMILES string of the molecule is CN(C)C(=O)[C@@H]1CC=C(N(CN(C)C2=CC(C(F)F)[C@H](C#N)CC2)C(C)(C)C)C[C@@H]1F. The number of allylic oxidation sites excluding steroid dienone is 4. The molecule has 31 heavy (non-hydrogen) atoms. The van der Waals surface area contributed by atoms with Gasteiger partial charge in [-0.3, -0.25) is 4.79 Å². The second kappa shape index (κ2) is 9.97. The first-order valence-corrected chi connectivity index (χ1v) is 10.8. The topological polar surface area (TPSA) is 50.6 Å². The van der Waals surface area contributed by atoms with Gasteiger partial charge in [-0.2, -0.15) is 5.26 Å². The highest BCUT2D eigenvalue weighted by molar-refractivity contribution is 5.79. The molecule has 2 aliphatic rings. The molecule has 0 saturated carbocycles. The lowest BCUT2D eigenvalue weighted by atomic mass is 9.83. The Balaban J connectivity index is 2.21. The number of nitriles is 1. The first kappa shape index (κ1) is 25.1. The van der Waals surface area contributed by atoms with Crippen molar-refractivity contribution in [1.82, 2.24) is 14.7 Å². The Labute approximate surface area is 184 Å². The van der Waals surface area contributed by atoms with Crippen LogP contribution in [0, 0.1) is 29.1 Å². The summed E-state index contributed by atoms with van der Waals surface area (Å²) in [5.74, 6) is -2.62. The predicted molar refractivity (Wildman–Crippen MR) is 115 cm³/mol. The van der Waals surface area contributed by atoms with Crippen molar-refractivity contribution in [2.45, 2.75) is 64.6 Å². The minimum absolute atomic E-state index is 0.143. The summed E-state index contributed by atoms with van der Waals surface area (Å²) in [7, 11) is 5.10. The second-order valence-electron chi connectivity index (χ2n) is 9.77. The van der Waals surface area contributed by atoms with E-state index < -0.39 is 30.4 Å². The van der Waals surface area contributed by atoms with Crippen LogP contribution in [0.2, 0.25) is 0 Å². The van der Waals surface area contributed by atoms with Crippen LogP contribution in [-0.4, -0.2) is 66.6 Å². The van der Waals surface area contributed by atoms with Crippen molar-refractivity contribution >= 4 is 5.91 Å². The molecule has 0 radical (unpaired) electrons. The van der Waals surface area contributed by atoms with E-state index in [9.17, 15) is 23.2 Å². The monoisotopic (exact) mass is 440 g/mol. The fourth-order valence-electron chi connectivity index (χ4n) is 4.31. The first-order chi connectivity index (χ1) is 14.4. The third-order valence-corrected chi connectivity index (χ3v) is 6.22. The van der Waals surface area contributed by atoms with Crippen LogP contribution in [0.4, 0.5) is 13.2 Å². The lowest BCUT2D eigenvalue weighted by molar-refractivity contribution is -0.135. The zero-order chi connectivity index (χ0) is 23.5. The van der Waals surface area contributed by atoms with Crippen LogP contribution < -0.4 is 0 Å². The standard InChI is InChI=1S/C23H35F3N4O/c1-23(2,3)30(17-9-10-18(20(24)12-17)22(31)28(4)5)14-29(6)16-8-7-15(13-27)19(11-16)21(25)26/h9,11,15,18-21H,7-8,10,12,14H2,1-6H3/t15-,18+,19?,20-/m0/s1. The zero-order valence-electron chi connectivity index (χ0n) is 19.4. The summed E-state index contributed by atoms with van der Waals surface area (Å²) in [5.41, 5.74) is 1.27. The molecule has 2 rings (SSSR count). The number of carbonyl (C=O) groups excluding carboxylic acids is 1. The third-order valence-electron chi connectivity index (χ3n) is 6.22. The minimum atomic E-state index is -2.58. The van der Waals surface area contributed by atoms with Gasteiger partial charge in [-0.1, -0.05) is 12.2 Å². The molecule has 0 aromatic rings. The molecule has 0 aliphatic heterocycles. The number of nitrogens with zero attached hydrogens (tertiary/aromatic N) is 4. The van der Waals surface area contributed by atoms with Gasteiger partial charge in [0.25, 0.3) is 0 Å². The van der Waals surface area contributed by atoms with E-state index in [0.717, 1.165) is 11.4 Å². The van der Waals surface area contributed by atoms with Crippen LogP contribution in [0.15, 0.2) is 23.5 Å². The minimum Gasteiger partial charge on any atom is -0.361 e. The van der Waals surface area contributed by atoms with Crippen molar-refractivity contribution in [2.24, 2.45) is 17.8 Å². The summed E-state index contributed by atoms with van der Waals surface area (Å²) in [5, 5.41) is 9.17. The van der Waals surface area contributed by atoms with Gasteiger partial charge >= 0.3 is 0 Å². The highest BCUT2D eigenvalue weighted by Crippen LogP contribution is 2.36. The Morgan fingerprint density at radius 2 is 1.90 bits per heavy atom. The van der Waals surface area contributed by atoms with E-state index in [4.69, 9.17) is 0 Å². The first-order valence-electron chi connectivity index (χ1n) is 10.8. The van der Waals surface area contributed by atoms with Gasteiger partial charge in [0.15, 0.2) is 0 Å². The zero-order valence-corrected chi connectivity index (χ0v) is 19.4. The average molecular weight is 441 g/mol. The number of halogens is 3. The maximum absolute atomic E-state index is 14.9. The molecule has 2 aliphatic carbocycles. The van der Waals surface area contributed by atoms with Crippen LogP contribution in [0.25, 0.3) is 0 Å². The van der Waals surface area contributed by atoms with Gasteiger partial charge in [0, 0.05) is 44.5 Å². The van der Waals surface area contributed by atoms with Crippen LogP contribution >= 0.6 is 0 Å². The molecule has 5 nitrogen and oxygen atoms in total. The van der Waals surface area contributed by atoms with Crippen LogP contribution in [-0.2, 0) is 4.79 Å². The summed E-state index contributed by atoms with van der Waals surface area (Å²) in [6.45, 7) is 6.48. The van der Waals surface area contributed by atoms with Crippen molar-refractivity contribution in [3.8, 4) is 6.07 Å². The molecule has 0 bridgehead atoms. The maximum Gasteiger partial charge on any atom is 0.246 e. The van der Waals surface area contributed by atoms with E-state index in [1.54, 1.807) is 14.1 Å². The van der Waals surface area contributed by atoms with Gasteiger partial charge in [-0.15, -0.1) is 0 Å². The Morgan fingerprint density at radius 1 is 1.26 bits per heavy atom. The van der Waals surface area contributed by atoms with E-state index in [-0.39, 0.29) is 17.9 Å². The fraction of sp³-hybridized carbons (Fsp3) is 0.739. The third kappa shape index (κ3) is 5.96. The van der Waals surface area contributed by atoms with Gasteiger partial charge in [0.2, 0.25) is 12.3 Å². The Kier molecular flexibility index (Phi) is 8.07. The van der Waals surface area contributed by atoms with Crippen molar-refractivity contribution in [1.29, 1.82) is 5.26 Å². The highest BCUT2D eigenvalue weighted by atomic mass is 19.3. The molecule has 8 heteroatoms. The predicted octanol–water partition coefficient (Wildman–Crippen LogP) is 4.40. The average Bonchev–Trinajstić information content (AvgIpc) is 2.69. The normalized spacial score (nSPS) is 26.6. The van der Waals surface area contributed by atoms with Gasteiger partial charge in [-0.05, 0) is 40.0 Å². The molecule has 1 amide bonds. The number of carbonyl (C=O) groups is 1. The summed E-state index contributed by atoms with van der Waals surface area (Å²) in [6, 6.07) is 2.00. The lowest BCUT2D eigenvalue weighted by Crippen LogP contribution is -2.48. The van der Waals surface area contributed by atoms with E-state index in [2.05, 4.69) is 4.90 Å². The molecule has 0 fully saturated rings. The van der Waals surface area contributed by atoms with Gasteiger partial charge < -0.3 is 14.7 Å². The molecule has 0 N–H and O–H groups in total. The Hall–Kier alpha value is -2.17. The summed E-state index contributed by atoms with van der Waals surface area (Å²) >= 11 is 0. The van der Waals surface area contributed by atoms with Crippen molar-refractivity contribution in [3.05, 3.63) is 23.5 Å². The van der Waals surface area contributed by atoms with Crippen molar-refractivity contribution < 1.29 is 18.0 Å². The fourth-order valence-corrected chi connectivity index (χ4v) is 4.31.